The molecule has 9 nitrogen and oxygen atoms in total. The molecule has 234 valence electrons. The molecule has 2 bridgehead atoms. The number of piperidine rings is 2. The highest BCUT2D eigenvalue weighted by Crippen LogP contribution is 2.52. The highest BCUT2D eigenvalue weighted by atomic mass is 16.5. The highest BCUT2D eigenvalue weighted by molar-refractivity contribution is 6.05. The Labute approximate surface area is 265 Å². The highest BCUT2D eigenvalue weighted by Gasteiger charge is 2.43. The topological polar surface area (TPSA) is 88.4 Å². The number of rotatable bonds is 1. The van der Waals surface area contributed by atoms with Gasteiger partial charge in [-0.3, -0.25) is 20.1 Å². The van der Waals surface area contributed by atoms with Crippen LogP contribution in [0.5, 0.6) is 5.75 Å². The SMILES string of the molecule is Cc1cc2cc(n1)-c1cnccc1OCCCC1(CC1)Cn1c(nc3ccc(N4CCC5(CCN(C)CC5)CC4)cc31)NC2=O. The van der Waals surface area contributed by atoms with Crippen molar-refractivity contribution in [3.05, 3.63) is 60.0 Å². The number of anilines is 2. The van der Waals surface area contributed by atoms with Gasteiger partial charge in [0, 0.05) is 49.0 Å². The first-order chi connectivity index (χ1) is 21.9. The zero-order chi connectivity index (χ0) is 30.6. The molecule has 1 aliphatic carbocycles. The van der Waals surface area contributed by atoms with E-state index >= 15 is 0 Å². The number of likely N-dealkylation sites (tertiary alicyclic amines) is 1. The normalized spacial score (nSPS) is 21.4. The largest absolute Gasteiger partial charge is 0.493 e. The van der Waals surface area contributed by atoms with Gasteiger partial charge in [0.05, 0.1) is 28.9 Å². The Bertz CT molecular complexity index is 1740. The lowest BCUT2D eigenvalue weighted by Crippen LogP contribution is -2.46. The van der Waals surface area contributed by atoms with Gasteiger partial charge < -0.3 is 19.1 Å². The van der Waals surface area contributed by atoms with Crippen molar-refractivity contribution in [3.8, 4) is 17.0 Å². The number of ether oxygens (including phenoxy) is 1. The van der Waals surface area contributed by atoms with E-state index in [2.05, 4.69) is 49.9 Å². The third-order valence-corrected chi connectivity index (χ3v) is 11.0. The molecule has 2 spiro atoms. The molecular formula is C36H43N7O2. The third-order valence-electron chi connectivity index (χ3n) is 11.0. The molecule has 1 amide bonds. The minimum Gasteiger partial charge on any atom is -0.493 e. The fourth-order valence-corrected chi connectivity index (χ4v) is 7.84. The quantitative estimate of drug-likeness (QED) is 0.272. The Kier molecular flexibility index (Phi) is 7.04. The number of aromatic nitrogens is 4. The van der Waals surface area contributed by atoms with Crippen LogP contribution in [0, 0.1) is 17.8 Å². The fraction of sp³-hybridized carbons (Fsp3) is 0.500. The molecular weight excluding hydrogens is 562 g/mol. The molecule has 9 heteroatoms. The van der Waals surface area contributed by atoms with Crippen LogP contribution in [-0.2, 0) is 6.54 Å². The van der Waals surface area contributed by atoms with Crippen molar-refractivity contribution in [2.24, 2.45) is 10.8 Å². The number of nitrogens with one attached hydrogen (secondary N) is 1. The second-order valence-electron chi connectivity index (χ2n) is 14.1. The minimum absolute atomic E-state index is 0.190. The van der Waals surface area contributed by atoms with Gasteiger partial charge in [0.1, 0.15) is 5.75 Å². The van der Waals surface area contributed by atoms with Crippen LogP contribution in [0.15, 0.2) is 48.8 Å². The van der Waals surface area contributed by atoms with Gasteiger partial charge in [-0.2, -0.15) is 0 Å². The van der Waals surface area contributed by atoms with E-state index in [1.54, 1.807) is 12.4 Å². The molecule has 45 heavy (non-hydrogen) atoms. The molecule has 3 aromatic heterocycles. The van der Waals surface area contributed by atoms with Crippen molar-refractivity contribution in [1.82, 2.24) is 24.4 Å². The van der Waals surface area contributed by atoms with Crippen LogP contribution < -0.4 is 15.0 Å². The standard InChI is InChI=1S/C36H43N7O2/c1-25-20-26-21-30(38-25)28-23-37-14-6-32(28)45-19-3-7-36(8-9-36)24-43-31-22-27(4-5-29(31)39-34(43)40-33(26)44)42-17-12-35(13-18-42)10-15-41(2)16-11-35/h4-6,14,20-23H,3,7-13,15-19,24H2,1-2H3,(H,39,40,44). The number of carbonyl (C=O) groups is 1. The number of imidazole rings is 1. The van der Waals surface area contributed by atoms with Gasteiger partial charge in [-0.1, -0.05) is 0 Å². The molecule has 1 aromatic carbocycles. The number of pyridine rings is 2. The number of nitrogens with zero attached hydrogens (tertiary/aromatic N) is 6. The number of hydrogen-bond acceptors (Lipinski definition) is 7. The number of aryl methyl sites for hydroxylation is 1. The first kappa shape index (κ1) is 28.5. The van der Waals surface area contributed by atoms with Gasteiger partial charge in [-0.15, -0.1) is 0 Å². The number of amides is 1. The molecule has 0 atom stereocenters. The predicted molar refractivity (Wildman–Crippen MR) is 177 cm³/mol. The first-order valence-electron chi connectivity index (χ1n) is 16.7. The monoisotopic (exact) mass is 605 g/mol. The second kappa shape index (κ2) is 11.1. The summed E-state index contributed by atoms with van der Waals surface area (Å²) >= 11 is 0. The molecule has 4 aromatic rings. The molecule has 1 saturated carbocycles. The van der Waals surface area contributed by atoms with E-state index < -0.39 is 0 Å². The lowest BCUT2D eigenvalue weighted by Gasteiger charge is -2.46. The zero-order valence-corrected chi connectivity index (χ0v) is 26.5. The van der Waals surface area contributed by atoms with Crippen LogP contribution in [-0.4, -0.2) is 70.2 Å². The summed E-state index contributed by atoms with van der Waals surface area (Å²) in [5, 5.41) is 3.21. The summed E-state index contributed by atoms with van der Waals surface area (Å²) in [4.78, 5) is 32.9. The Morgan fingerprint density at radius 3 is 2.49 bits per heavy atom. The minimum atomic E-state index is -0.191. The number of carbonyl (C=O) groups excluding carboxylic acids is 1. The molecule has 0 radical (unpaired) electrons. The van der Waals surface area contributed by atoms with Crippen LogP contribution in [0.2, 0.25) is 0 Å². The Morgan fingerprint density at radius 2 is 1.69 bits per heavy atom. The molecule has 4 aliphatic rings. The van der Waals surface area contributed by atoms with Gasteiger partial charge in [-0.05, 0) is 126 Å². The van der Waals surface area contributed by atoms with Gasteiger partial charge in [-0.25, -0.2) is 4.98 Å². The van der Waals surface area contributed by atoms with Crippen molar-refractivity contribution in [2.45, 2.75) is 64.8 Å². The summed E-state index contributed by atoms with van der Waals surface area (Å²) in [7, 11) is 2.25. The van der Waals surface area contributed by atoms with Gasteiger partial charge in [0.2, 0.25) is 5.95 Å². The van der Waals surface area contributed by atoms with E-state index in [0.29, 0.717) is 29.2 Å². The van der Waals surface area contributed by atoms with Crippen molar-refractivity contribution in [3.63, 3.8) is 0 Å². The van der Waals surface area contributed by atoms with E-state index in [4.69, 9.17) is 14.7 Å². The Balaban J connectivity index is 1.13. The molecule has 3 fully saturated rings. The fourth-order valence-electron chi connectivity index (χ4n) is 7.84. The third kappa shape index (κ3) is 5.56. The van der Waals surface area contributed by atoms with Crippen molar-refractivity contribution >= 4 is 28.6 Å². The molecule has 3 aliphatic heterocycles. The molecule has 6 heterocycles. The number of fused-ring (bicyclic) bond motifs is 7. The lowest BCUT2D eigenvalue weighted by atomic mass is 9.71. The van der Waals surface area contributed by atoms with Gasteiger partial charge >= 0.3 is 0 Å². The van der Waals surface area contributed by atoms with E-state index in [0.717, 1.165) is 60.5 Å². The molecule has 1 N–H and O–H groups in total. The Hall–Kier alpha value is -3.98. The predicted octanol–water partition coefficient (Wildman–Crippen LogP) is 6.32. The van der Waals surface area contributed by atoms with E-state index in [1.165, 1.54) is 57.3 Å². The van der Waals surface area contributed by atoms with Crippen LogP contribution in [0.4, 0.5) is 11.6 Å². The Morgan fingerprint density at radius 1 is 0.889 bits per heavy atom. The van der Waals surface area contributed by atoms with Crippen LogP contribution in [0.3, 0.4) is 0 Å². The number of hydrogen-bond donors (Lipinski definition) is 1. The number of benzene rings is 1. The molecule has 0 unspecified atom stereocenters. The maximum Gasteiger partial charge on any atom is 0.258 e. The van der Waals surface area contributed by atoms with Crippen molar-refractivity contribution < 1.29 is 9.53 Å². The summed E-state index contributed by atoms with van der Waals surface area (Å²) in [6.07, 6.45) is 13.0. The maximum absolute atomic E-state index is 13.8. The van der Waals surface area contributed by atoms with Crippen LogP contribution in [0.1, 0.15) is 67.4 Å². The summed E-state index contributed by atoms with van der Waals surface area (Å²) in [5.41, 5.74) is 6.75. The van der Waals surface area contributed by atoms with E-state index in [9.17, 15) is 4.79 Å². The average molecular weight is 606 g/mol. The summed E-state index contributed by atoms with van der Waals surface area (Å²) in [6, 6.07) is 12.2. The molecule has 2 saturated heterocycles. The zero-order valence-electron chi connectivity index (χ0n) is 26.5. The van der Waals surface area contributed by atoms with Crippen LogP contribution >= 0.6 is 0 Å². The smallest absolute Gasteiger partial charge is 0.258 e. The van der Waals surface area contributed by atoms with Crippen molar-refractivity contribution in [2.75, 3.05) is 50.1 Å². The molecule has 8 rings (SSSR count). The second-order valence-corrected chi connectivity index (χ2v) is 14.1. The van der Waals surface area contributed by atoms with Gasteiger partial charge in [0.25, 0.3) is 5.91 Å². The maximum atomic E-state index is 13.8. The van der Waals surface area contributed by atoms with E-state index in [-0.39, 0.29) is 11.3 Å². The van der Waals surface area contributed by atoms with Crippen molar-refractivity contribution in [1.29, 1.82) is 0 Å². The first-order valence-corrected chi connectivity index (χ1v) is 16.7. The van der Waals surface area contributed by atoms with Crippen LogP contribution in [0.25, 0.3) is 22.3 Å². The lowest BCUT2D eigenvalue weighted by molar-refractivity contribution is 0.0945. The average Bonchev–Trinajstić information content (AvgIpc) is 3.74. The summed E-state index contributed by atoms with van der Waals surface area (Å²) in [6.45, 7) is 8.00. The summed E-state index contributed by atoms with van der Waals surface area (Å²) in [5.74, 6) is 1.18. The summed E-state index contributed by atoms with van der Waals surface area (Å²) < 4.78 is 8.57. The van der Waals surface area contributed by atoms with Gasteiger partial charge in [0.15, 0.2) is 0 Å². The van der Waals surface area contributed by atoms with E-state index in [1.807, 2.05) is 25.1 Å².